The van der Waals surface area contributed by atoms with E-state index in [4.69, 9.17) is 5.73 Å². The average Bonchev–Trinajstić information content (AvgIpc) is 2.75. The fraction of sp³-hybridized carbons (Fsp3) is 0.250. The van der Waals surface area contributed by atoms with Crippen LogP contribution in [0.3, 0.4) is 0 Å². The summed E-state index contributed by atoms with van der Waals surface area (Å²) >= 11 is 0. The fourth-order valence-electron chi connectivity index (χ4n) is 1.74. The van der Waals surface area contributed by atoms with Gasteiger partial charge in [0, 0.05) is 0 Å². The second kappa shape index (κ2) is 5.05. The van der Waals surface area contributed by atoms with Crippen molar-refractivity contribution >= 4 is 11.9 Å². The molecule has 0 spiro atoms. The van der Waals surface area contributed by atoms with Crippen molar-refractivity contribution in [2.24, 2.45) is 0 Å². The lowest BCUT2D eigenvalue weighted by Crippen LogP contribution is -2.28. The molecule has 1 heterocycles. The number of H-pyrrole nitrogens is 1. The summed E-state index contributed by atoms with van der Waals surface area (Å²) in [7, 11) is 0. The number of carbonyl (C=O) groups excluding carboxylic acids is 1. The van der Waals surface area contributed by atoms with Gasteiger partial charge in [-0.2, -0.15) is 4.98 Å². The number of aryl methyl sites for hydroxylation is 1. The predicted molar refractivity (Wildman–Crippen MR) is 67.8 cm³/mol. The van der Waals surface area contributed by atoms with Crippen LogP contribution in [0.4, 0.5) is 10.3 Å². The Morgan fingerprint density at radius 2 is 2.26 bits per heavy atom. The minimum atomic E-state index is -0.554. The number of benzene rings is 1. The zero-order valence-electron chi connectivity index (χ0n) is 10.6. The van der Waals surface area contributed by atoms with Crippen molar-refractivity contribution in [3.05, 3.63) is 41.0 Å². The highest BCUT2D eigenvalue weighted by Crippen LogP contribution is 2.14. The molecule has 0 bridgehead atoms. The van der Waals surface area contributed by atoms with Gasteiger partial charge in [-0.05, 0) is 25.5 Å². The maximum atomic E-state index is 13.6. The summed E-state index contributed by atoms with van der Waals surface area (Å²) in [6, 6.07) is 4.03. The van der Waals surface area contributed by atoms with Gasteiger partial charge in [0.05, 0.1) is 11.6 Å². The van der Waals surface area contributed by atoms with Gasteiger partial charge in [0.2, 0.25) is 5.95 Å². The van der Waals surface area contributed by atoms with Crippen LogP contribution in [0.15, 0.2) is 18.2 Å². The molecule has 0 aliphatic heterocycles. The van der Waals surface area contributed by atoms with Gasteiger partial charge in [-0.3, -0.25) is 9.89 Å². The molecule has 6 nitrogen and oxygen atoms in total. The highest BCUT2D eigenvalue weighted by atomic mass is 19.1. The lowest BCUT2D eigenvalue weighted by atomic mass is 10.1. The quantitative estimate of drug-likeness (QED) is 0.778. The van der Waals surface area contributed by atoms with Crippen LogP contribution < -0.4 is 11.1 Å². The first kappa shape index (κ1) is 13.0. The number of nitrogens with two attached hydrogens (primary N) is 1. The van der Waals surface area contributed by atoms with Gasteiger partial charge < -0.3 is 11.1 Å². The monoisotopic (exact) mass is 263 g/mol. The maximum absolute atomic E-state index is 13.6. The van der Waals surface area contributed by atoms with Crippen molar-refractivity contribution in [3.8, 4) is 0 Å². The predicted octanol–water partition coefficient (Wildman–Crippen LogP) is 1.33. The Kier molecular flexibility index (Phi) is 3.46. The number of nitrogens with zero attached hydrogens (tertiary/aromatic N) is 2. The molecule has 1 amide bonds. The third-order valence-electron chi connectivity index (χ3n) is 2.73. The van der Waals surface area contributed by atoms with E-state index in [1.54, 1.807) is 26.0 Å². The van der Waals surface area contributed by atoms with Crippen LogP contribution in [0.2, 0.25) is 0 Å². The van der Waals surface area contributed by atoms with Gasteiger partial charge in [0.25, 0.3) is 5.91 Å². The van der Waals surface area contributed by atoms with Crippen molar-refractivity contribution in [3.63, 3.8) is 0 Å². The molecule has 0 saturated heterocycles. The number of carbonyl (C=O) groups is 1. The minimum absolute atomic E-state index is 0.0295. The summed E-state index contributed by atoms with van der Waals surface area (Å²) < 4.78 is 13.6. The van der Waals surface area contributed by atoms with Crippen molar-refractivity contribution in [1.82, 2.24) is 20.5 Å². The molecule has 0 fully saturated rings. The number of amides is 1. The molecule has 2 rings (SSSR count). The van der Waals surface area contributed by atoms with E-state index in [9.17, 15) is 9.18 Å². The molecule has 1 aromatic heterocycles. The van der Waals surface area contributed by atoms with E-state index in [2.05, 4.69) is 20.5 Å². The zero-order valence-corrected chi connectivity index (χ0v) is 10.6. The Balaban J connectivity index is 2.17. The number of halogens is 1. The second-order valence-electron chi connectivity index (χ2n) is 4.21. The number of nitrogens with one attached hydrogen (secondary N) is 2. The summed E-state index contributed by atoms with van der Waals surface area (Å²) in [5.74, 6) is -0.544. The van der Waals surface area contributed by atoms with Gasteiger partial charge >= 0.3 is 0 Å². The molecule has 1 aromatic carbocycles. The minimum Gasteiger partial charge on any atom is -0.367 e. The molecule has 0 radical (unpaired) electrons. The van der Waals surface area contributed by atoms with E-state index < -0.39 is 17.8 Å². The molecule has 1 atom stereocenters. The highest BCUT2D eigenvalue weighted by Gasteiger charge is 2.18. The van der Waals surface area contributed by atoms with E-state index in [-0.39, 0.29) is 11.5 Å². The molecule has 0 unspecified atom stereocenters. The Morgan fingerprint density at radius 1 is 1.53 bits per heavy atom. The molecule has 0 aliphatic carbocycles. The van der Waals surface area contributed by atoms with Gasteiger partial charge in [0.15, 0.2) is 0 Å². The van der Waals surface area contributed by atoms with Crippen LogP contribution >= 0.6 is 0 Å². The van der Waals surface area contributed by atoms with Crippen molar-refractivity contribution in [1.29, 1.82) is 0 Å². The largest absolute Gasteiger partial charge is 0.367 e. The summed E-state index contributed by atoms with van der Waals surface area (Å²) in [6.45, 7) is 3.38. The Bertz CT molecular complexity index is 590. The molecule has 19 heavy (non-hydrogen) atoms. The summed E-state index contributed by atoms with van der Waals surface area (Å²) in [6.07, 6.45) is 0. The van der Waals surface area contributed by atoms with Gasteiger partial charge in [-0.25, -0.2) is 4.39 Å². The van der Waals surface area contributed by atoms with Crippen molar-refractivity contribution < 1.29 is 9.18 Å². The molecule has 2 aromatic rings. The van der Waals surface area contributed by atoms with E-state index in [0.717, 1.165) is 0 Å². The van der Waals surface area contributed by atoms with Crippen LogP contribution in [0.25, 0.3) is 0 Å². The van der Waals surface area contributed by atoms with E-state index in [1.807, 2.05) is 0 Å². The standard InChI is InChI=1S/C12H14FN5O/c1-6-4-3-5-8(13)9(6)11(19)15-7(2)10-16-12(14)18-17-10/h3-5,7H,1-2H3,(H,15,19)(H3,14,16,17,18)/t7-/m0/s1. The third-order valence-corrected chi connectivity index (χ3v) is 2.73. The van der Waals surface area contributed by atoms with E-state index >= 15 is 0 Å². The Labute approximate surface area is 109 Å². The Morgan fingerprint density at radius 3 is 2.84 bits per heavy atom. The maximum Gasteiger partial charge on any atom is 0.255 e. The van der Waals surface area contributed by atoms with E-state index in [1.165, 1.54) is 6.07 Å². The third kappa shape index (κ3) is 2.70. The SMILES string of the molecule is Cc1cccc(F)c1C(=O)N[C@@H](C)c1nc(N)n[nH]1. The van der Waals surface area contributed by atoms with Gasteiger partial charge in [-0.1, -0.05) is 12.1 Å². The molecular formula is C12H14FN5O. The molecular weight excluding hydrogens is 249 g/mol. The van der Waals surface area contributed by atoms with Crippen LogP contribution in [0.1, 0.15) is 34.7 Å². The average molecular weight is 263 g/mol. The number of nitrogen functional groups attached to an aromatic ring is 1. The second-order valence-corrected chi connectivity index (χ2v) is 4.21. The van der Waals surface area contributed by atoms with Crippen LogP contribution in [0.5, 0.6) is 0 Å². The first-order chi connectivity index (χ1) is 8.99. The summed E-state index contributed by atoms with van der Waals surface area (Å²) in [5, 5.41) is 8.91. The molecule has 0 saturated carbocycles. The van der Waals surface area contributed by atoms with Gasteiger partial charge in [-0.15, -0.1) is 5.10 Å². The molecule has 4 N–H and O–H groups in total. The number of anilines is 1. The highest BCUT2D eigenvalue weighted by molar-refractivity contribution is 5.96. The van der Waals surface area contributed by atoms with Crippen molar-refractivity contribution in [2.45, 2.75) is 19.9 Å². The van der Waals surface area contributed by atoms with Crippen molar-refractivity contribution in [2.75, 3.05) is 5.73 Å². The first-order valence-corrected chi connectivity index (χ1v) is 5.72. The number of rotatable bonds is 3. The summed E-state index contributed by atoms with van der Waals surface area (Å²) in [5.41, 5.74) is 5.98. The van der Waals surface area contributed by atoms with E-state index in [0.29, 0.717) is 11.4 Å². The molecule has 100 valence electrons. The number of aromatic nitrogens is 3. The molecule has 0 aliphatic rings. The fourth-order valence-corrected chi connectivity index (χ4v) is 1.74. The zero-order chi connectivity index (χ0) is 14.0. The smallest absolute Gasteiger partial charge is 0.255 e. The van der Waals surface area contributed by atoms with Crippen LogP contribution in [-0.4, -0.2) is 21.1 Å². The lowest BCUT2D eigenvalue weighted by Gasteiger charge is -2.12. The normalized spacial score (nSPS) is 12.2. The summed E-state index contributed by atoms with van der Waals surface area (Å²) in [4.78, 5) is 15.9. The molecule has 7 heteroatoms. The number of hydrogen-bond acceptors (Lipinski definition) is 4. The van der Waals surface area contributed by atoms with Gasteiger partial charge in [0.1, 0.15) is 11.6 Å². The number of hydrogen-bond donors (Lipinski definition) is 3. The lowest BCUT2D eigenvalue weighted by molar-refractivity contribution is 0.0933. The van der Waals surface area contributed by atoms with Crippen LogP contribution in [-0.2, 0) is 0 Å². The number of aromatic amines is 1. The Hall–Kier alpha value is -2.44. The first-order valence-electron chi connectivity index (χ1n) is 5.72. The topological polar surface area (TPSA) is 96.7 Å². The van der Waals surface area contributed by atoms with Crippen LogP contribution in [0, 0.1) is 12.7 Å².